The third-order valence-corrected chi connectivity index (χ3v) is 7.08. The van der Waals surface area contributed by atoms with E-state index < -0.39 is 10.0 Å². The van der Waals surface area contributed by atoms with Crippen LogP contribution in [0.15, 0.2) is 78.9 Å². The standard InChI is InChI=1S/C25H26N2O5S/c28-25(26-15-17-33(29,30)27-16-14-21-8-4-5-9-24(21)27)19-32-23-12-10-22(11-13-23)31-18-20-6-2-1-3-7-20/h1-13H,14-19H2,(H,26,28). The van der Waals surface area contributed by atoms with Crippen LogP contribution in [0.1, 0.15) is 11.1 Å². The molecule has 7 nitrogen and oxygen atoms in total. The number of fused-ring (bicyclic) bond motifs is 1. The van der Waals surface area contributed by atoms with Gasteiger partial charge >= 0.3 is 0 Å². The van der Waals surface area contributed by atoms with E-state index in [4.69, 9.17) is 9.47 Å². The minimum absolute atomic E-state index is 0.0233. The lowest BCUT2D eigenvalue weighted by Gasteiger charge is -2.19. The number of carbonyl (C=O) groups is 1. The summed E-state index contributed by atoms with van der Waals surface area (Å²) in [4.78, 5) is 12.1. The van der Waals surface area contributed by atoms with Crippen LogP contribution in [0.5, 0.6) is 11.5 Å². The molecule has 0 spiro atoms. The highest BCUT2D eigenvalue weighted by Crippen LogP contribution is 2.29. The highest BCUT2D eigenvalue weighted by Gasteiger charge is 2.28. The minimum Gasteiger partial charge on any atom is -0.489 e. The van der Waals surface area contributed by atoms with Crippen molar-refractivity contribution in [1.82, 2.24) is 5.32 Å². The van der Waals surface area contributed by atoms with Crippen molar-refractivity contribution < 1.29 is 22.7 Å². The molecule has 0 bridgehead atoms. The molecule has 1 aliphatic heterocycles. The summed E-state index contributed by atoms with van der Waals surface area (Å²) in [7, 11) is -3.50. The van der Waals surface area contributed by atoms with Crippen LogP contribution in [-0.4, -0.2) is 39.8 Å². The molecule has 4 rings (SSSR count). The second-order valence-electron chi connectivity index (χ2n) is 7.65. The number of rotatable bonds is 10. The lowest BCUT2D eigenvalue weighted by molar-refractivity contribution is -0.122. The van der Waals surface area contributed by atoms with Crippen LogP contribution < -0.4 is 19.1 Å². The van der Waals surface area contributed by atoms with E-state index in [1.54, 1.807) is 24.3 Å². The fourth-order valence-electron chi connectivity index (χ4n) is 3.60. The Kier molecular flexibility index (Phi) is 7.14. The lowest BCUT2D eigenvalue weighted by atomic mass is 10.2. The number of para-hydroxylation sites is 1. The first-order valence-electron chi connectivity index (χ1n) is 10.8. The van der Waals surface area contributed by atoms with Gasteiger partial charge in [-0.15, -0.1) is 0 Å². The highest BCUT2D eigenvalue weighted by molar-refractivity contribution is 7.92. The van der Waals surface area contributed by atoms with E-state index in [-0.39, 0.29) is 24.8 Å². The summed E-state index contributed by atoms with van der Waals surface area (Å²) in [6.45, 7) is 0.728. The Bertz CT molecular complexity index is 1180. The van der Waals surface area contributed by atoms with Crippen molar-refractivity contribution in [2.45, 2.75) is 13.0 Å². The number of nitrogens with zero attached hydrogens (tertiary/aromatic N) is 1. The van der Waals surface area contributed by atoms with Crippen molar-refractivity contribution in [3.05, 3.63) is 90.0 Å². The number of nitrogens with one attached hydrogen (secondary N) is 1. The van der Waals surface area contributed by atoms with E-state index in [1.165, 1.54) is 4.31 Å². The Morgan fingerprint density at radius 2 is 1.55 bits per heavy atom. The molecule has 3 aromatic rings. The van der Waals surface area contributed by atoms with Crippen molar-refractivity contribution in [1.29, 1.82) is 0 Å². The van der Waals surface area contributed by atoms with Crippen LogP contribution in [0.4, 0.5) is 5.69 Å². The molecule has 0 atom stereocenters. The molecule has 0 unspecified atom stereocenters. The molecule has 1 N–H and O–H groups in total. The molecule has 0 aliphatic carbocycles. The van der Waals surface area contributed by atoms with Crippen LogP contribution in [0.25, 0.3) is 0 Å². The van der Waals surface area contributed by atoms with E-state index in [9.17, 15) is 13.2 Å². The second kappa shape index (κ2) is 10.4. The van der Waals surface area contributed by atoms with Crippen molar-refractivity contribution in [2.24, 2.45) is 0 Å². The number of sulfonamides is 1. The van der Waals surface area contributed by atoms with E-state index in [2.05, 4.69) is 5.32 Å². The van der Waals surface area contributed by atoms with E-state index >= 15 is 0 Å². The maximum atomic E-state index is 12.7. The molecular weight excluding hydrogens is 440 g/mol. The lowest BCUT2D eigenvalue weighted by Crippen LogP contribution is -2.38. The monoisotopic (exact) mass is 466 g/mol. The van der Waals surface area contributed by atoms with Gasteiger partial charge in [-0.1, -0.05) is 48.5 Å². The first-order chi connectivity index (χ1) is 16.0. The van der Waals surface area contributed by atoms with Gasteiger partial charge in [0.05, 0.1) is 11.4 Å². The predicted octanol–water partition coefficient (Wildman–Crippen LogP) is 3.15. The van der Waals surface area contributed by atoms with Crippen molar-refractivity contribution in [2.75, 3.05) is 29.8 Å². The second-order valence-corrected chi connectivity index (χ2v) is 9.66. The maximum Gasteiger partial charge on any atom is 0.257 e. The van der Waals surface area contributed by atoms with Crippen molar-refractivity contribution >= 4 is 21.6 Å². The smallest absolute Gasteiger partial charge is 0.257 e. The van der Waals surface area contributed by atoms with Crippen molar-refractivity contribution in [3.8, 4) is 11.5 Å². The first kappa shape index (κ1) is 22.7. The van der Waals surface area contributed by atoms with Gasteiger partial charge in [0.1, 0.15) is 18.1 Å². The Morgan fingerprint density at radius 1 is 0.879 bits per heavy atom. The van der Waals surface area contributed by atoms with Gasteiger partial charge in [0.2, 0.25) is 10.0 Å². The third kappa shape index (κ3) is 6.04. The molecule has 172 valence electrons. The van der Waals surface area contributed by atoms with E-state index in [0.717, 1.165) is 16.8 Å². The maximum absolute atomic E-state index is 12.7. The molecule has 1 amide bonds. The van der Waals surface area contributed by atoms with Gasteiger partial charge < -0.3 is 14.8 Å². The number of hydrogen-bond acceptors (Lipinski definition) is 5. The fraction of sp³-hybridized carbons (Fsp3) is 0.240. The average molecular weight is 467 g/mol. The number of hydrogen-bond donors (Lipinski definition) is 1. The van der Waals surface area contributed by atoms with Gasteiger partial charge in [-0.2, -0.15) is 0 Å². The summed E-state index contributed by atoms with van der Waals surface area (Å²) in [6.07, 6.45) is 0.700. The van der Waals surface area contributed by atoms with Crippen LogP contribution >= 0.6 is 0 Å². The number of anilines is 1. The number of carbonyl (C=O) groups excluding carboxylic acids is 1. The van der Waals surface area contributed by atoms with Gasteiger partial charge in [0, 0.05) is 13.1 Å². The number of amides is 1. The highest BCUT2D eigenvalue weighted by atomic mass is 32.2. The molecule has 0 saturated heterocycles. The minimum atomic E-state index is -3.50. The van der Waals surface area contributed by atoms with Crippen LogP contribution in [0.3, 0.4) is 0 Å². The van der Waals surface area contributed by atoms with E-state index in [0.29, 0.717) is 31.1 Å². The molecule has 3 aromatic carbocycles. The molecule has 8 heteroatoms. The normalized spacial score (nSPS) is 12.8. The molecule has 33 heavy (non-hydrogen) atoms. The predicted molar refractivity (Wildman–Crippen MR) is 127 cm³/mol. The molecule has 1 heterocycles. The number of ether oxygens (including phenoxy) is 2. The largest absolute Gasteiger partial charge is 0.489 e. The van der Waals surface area contributed by atoms with Crippen molar-refractivity contribution in [3.63, 3.8) is 0 Å². The third-order valence-electron chi connectivity index (χ3n) is 5.30. The Labute approximate surface area is 194 Å². The summed E-state index contributed by atoms with van der Waals surface area (Å²) < 4.78 is 38.0. The molecule has 0 fully saturated rings. The Morgan fingerprint density at radius 3 is 2.30 bits per heavy atom. The van der Waals surface area contributed by atoms with Gasteiger partial charge in [0.25, 0.3) is 5.91 Å². The zero-order valence-corrected chi connectivity index (χ0v) is 19.0. The zero-order chi connectivity index (χ0) is 23.1. The van der Waals surface area contributed by atoms with Crippen LogP contribution in [-0.2, 0) is 27.8 Å². The topological polar surface area (TPSA) is 84.9 Å². The Balaban J connectivity index is 1.18. The quantitative estimate of drug-likeness (QED) is 0.496. The summed E-state index contributed by atoms with van der Waals surface area (Å²) >= 11 is 0. The van der Waals surface area contributed by atoms with Gasteiger partial charge in [0.15, 0.2) is 6.61 Å². The average Bonchev–Trinajstić information content (AvgIpc) is 3.28. The summed E-state index contributed by atoms with van der Waals surface area (Å²) in [5.74, 6) is 0.680. The SMILES string of the molecule is O=C(COc1ccc(OCc2ccccc2)cc1)NCCS(=O)(=O)N1CCc2ccccc21. The van der Waals surface area contributed by atoms with Gasteiger partial charge in [-0.25, -0.2) is 8.42 Å². The summed E-state index contributed by atoms with van der Waals surface area (Å²) in [5.41, 5.74) is 2.82. The molecular formula is C25H26N2O5S. The molecule has 0 aromatic heterocycles. The fourth-order valence-corrected chi connectivity index (χ4v) is 5.03. The van der Waals surface area contributed by atoms with Gasteiger partial charge in [-0.3, -0.25) is 9.10 Å². The Hall–Kier alpha value is -3.52. The van der Waals surface area contributed by atoms with Crippen LogP contribution in [0.2, 0.25) is 0 Å². The molecule has 0 saturated carbocycles. The summed E-state index contributed by atoms with van der Waals surface area (Å²) in [6, 6.07) is 24.3. The summed E-state index contributed by atoms with van der Waals surface area (Å²) in [5, 5.41) is 2.61. The van der Waals surface area contributed by atoms with Crippen LogP contribution in [0, 0.1) is 0 Å². The van der Waals surface area contributed by atoms with Gasteiger partial charge in [-0.05, 0) is 47.9 Å². The number of benzene rings is 3. The first-order valence-corrected chi connectivity index (χ1v) is 12.4. The molecule has 0 radical (unpaired) electrons. The zero-order valence-electron chi connectivity index (χ0n) is 18.1. The molecule has 1 aliphatic rings. The van der Waals surface area contributed by atoms with E-state index in [1.807, 2.05) is 54.6 Å².